The van der Waals surface area contributed by atoms with E-state index in [1.807, 2.05) is 12.1 Å². The number of rotatable bonds is 8. The smallest absolute Gasteiger partial charge is 0.117 e. The maximum Gasteiger partial charge on any atom is 0.117 e. The van der Waals surface area contributed by atoms with Gasteiger partial charge in [0.1, 0.15) is 11.5 Å². The standard InChI is InChI=1S/C32H34N4O2/c1-34-32(18-31(33-34)26-11-10-23-6-2-3-7-24(23)16-26)30-22-36-13-12-25(30)17-27(36)19-35(20-28-8-4-14-37-28)21-29-9-5-15-38-29/h2-11,14-16,18,25,27,30H,12-13,17,19-22H2,1H3. The number of nitrogens with zero attached hydrogens (tertiary/aromatic N) is 4. The van der Waals surface area contributed by atoms with Gasteiger partial charge in [-0.3, -0.25) is 14.5 Å². The largest absolute Gasteiger partial charge is 0.468 e. The zero-order valence-electron chi connectivity index (χ0n) is 21.9. The minimum absolute atomic E-state index is 0.523. The molecular formula is C32H34N4O2. The Labute approximate surface area is 223 Å². The van der Waals surface area contributed by atoms with Crippen LogP contribution in [0, 0.1) is 5.92 Å². The Morgan fingerprint density at radius 2 is 1.66 bits per heavy atom. The van der Waals surface area contributed by atoms with Crippen molar-refractivity contribution < 1.29 is 8.83 Å². The fourth-order valence-electron chi connectivity index (χ4n) is 6.71. The average molecular weight is 507 g/mol. The maximum absolute atomic E-state index is 5.69. The van der Waals surface area contributed by atoms with Crippen LogP contribution in [0.3, 0.4) is 0 Å². The summed E-state index contributed by atoms with van der Waals surface area (Å²) in [5.74, 6) is 3.21. The van der Waals surface area contributed by atoms with Gasteiger partial charge in [-0.2, -0.15) is 5.10 Å². The molecule has 3 aromatic heterocycles. The molecule has 38 heavy (non-hydrogen) atoms. The summed E-state index contributed by atoms with van der Waals surface area (Å²) < 4.78 is 13.5. The van der Waals surface area contributed by atoms with Crippen molar-refractivity contribution >= 4 is 10.8 Å². The number of furan rings is 2. The minimum Gasteiger partial charge on any atom is -0.468 e. The van der Waals surface area contributed by atoms with Crippen LogP contribution in [-0.2, 0) is 20.1 Å². The van der Waals surface area contributed by atoms with Crippen LogP contribution in [0.15, 0.2) is 94.2 Å². The van der Waals surface area contributed by atoms with Gasteiger partial charge in [0.15, 0.2) is 0 Å². The number of fused-ring (bicyclic) bond motifs is 4. The molecule has 3 aliphatic heterocycles. The molecule has 3 saturated heterocycles. The molecular weight excluding hydrogens is 472 g/mol. The van der Waals surface area contributed by atoms with E-state index in [9.17, 15) is 0 Å². The highest BCUT2D eigenvalue weighted by Crippen LogP contribution is 2.43. The first-order chi connectivity index (χ1) is 18.7. The summed E-state index contributed by atoms with van der Waals surface area (Å²) in [6.45, 7) is 4.88. The summed E-state index contributed by atoms with van der Waals surface area (Å²) in [5, 5.41) is 7.49. The highest BCUT2D eigenvalue weighted by Gasteiger charge is 2.42. The Balaban J connectivity index is 1.08. The number of hydrogen-bond donors (Lipinski definition) is 0. The predicted molar refractivity (Wildman–Crippen MR) is 149 cm³/mol. The lowest BCUT2D eigenvalue weighted by atomic mass is 9.74. The summed E-state index contributed by atoms with van der Waals surface area (Å²) >= 11 is 0. The third kappa shape index (κ3) is 4.59. The van der Waals surface area contributed by atoms with E-state index in [2.05, 4.69) is 82.2 Å². The lowest BCUT2D eigenvalue weighted by molar-refractivity contribution is 0.00571. The molecule has 2 bridgehead atoms. The van der Waals surface area contributed by atoms with Gasteiger partial charge in [-0.1, -0.05) is 36.4 Å². The number of aryl methyl sites for hydroxylation is 1. The maximum atomic E-state index is 5.69. The molecule has 0 aliphatic carbocycles. The van der Waals surface area contributed by atoms with E-state index in [1.165, 1.54) is 41.4 Å². The van der Waals surface area contributed by atoms with Crippen molar-refractivity contribution in [2.45, 2.75) is 37.9 Å². The van der Waals surface area contributed by atoms with Crippen molar-refractivity contribution in [2.75, 3.05) is 19.6 Å². The molecule has 6 nitrogen and oxygen atoms in total. The molecule has 194 valence electrons. The van der Waals surface area contributed by atoms with Gasteiger partial charge in [-0.25, -0.2) is 0 Å². The second-order valence-corrected chi connectivity index (χ2v) is 11.0. The predicted octanol–water partition coefficient (Wildman–Crippen LogP) is 6.31. The SMILES string of the molecule is Cn1nc(-c2ccc3ccccc3c2)cc1C1CN2CCC1CC2CN(Cc1ccco1)Cc1ccco1. The van der Waals surface area contributed by atoms with Gasteiger partial charge in [-0.05, 0) is 72.5 Å². The molecule has 3 fully saturated rings. The van der Waals surface area contributed by atoms with E-state index in [1.54, 1.807) is 12.5 Å². The van der Waals surface area contributed by atoms with E-state index in [0.29, 0.717) is 17.9 Å². The summed E-state index contributed by atoms with van der Waals surface area (Å²) in [4.78, 5) is 5.19. The van der Waals surface area contributed by atoms with E-state index < -0.39 is 0 Å². The first-order valence-electron chi connectivity index (χ1n) is 13.7. The summed E-state index contributed by atoms with van der Waals surface area (Å²) in [6.07, 6.45) is 6.00. The number of benzene rings is 2. The van der Waals surface area contributed by atoms with Crippen LogP contribution in [-0.4, -0.2) is 45.3 Å². The second kappa shape index (κ2) is 9.93. The van der Waals surface area contributed by atoms with E-state index in [4.69, 9.17) is 13.9 Å². The fraction of sp³-hybridized carbons (Fsp3) is 0.344. The molecule has 0 N–H and O–H groups in total. The number of piperidine rings is 3. The van der Waals surface area contributed by atoms with Gasteiger partial charge in [0.2, 0.25) is 0 Å². The van der Waals surface area contributed by atoms with Crippen LogP contribution >= 0.6 is 0 Å². The second-order valence-electron chi connectivity index (χ2n) is 11.0. The molecule has 4 atom stereocenters. The van der Waals surface area contributed by atoms with Crippen molar-refractivity contribution in [1.29, 1.82) is 0 Å². The minimum atomic E-state index is 0.523. The Morgan fingerprint density at radius 3 is 2.34 bits per heavy atom. The van der Waals surface area contributed by atoms with Crippen LogP contribution in [0.1, 0.15) is 36.0 Å². The Bertz CT molecular complexity index is 1470. The zero-order valence-corrected chi connectivity index (χ0v) is 21.9. The van der Waals surface area contributed by atoms with Crippen molar-refractivity contribution in [2.24, 2.45) is 13.0 Å². The van der Waals surface area contributed by atoms with Crippen molar-refractivity contribution in [1.82, 2.24) is 19.6 Å². The molecule has 4 unspecified atom stereocenters. The Hall–Kier alpha value is -3.61. The van der Waals surface area contributed by atoms with Crippen LogP contribution in [0.5, 0.6) is 0 Å². The average Bonchev–Trinajstić information content (AvgIpc) is 3.72. The normalized spacial score (nSPS) is 23.0. The van der Waals surface area contributed by atoms with Gasteiger partial charge < -0.3 is 8.83 Å². The van der Waals surface area contributed by atoms with Gasteiger partial charge >= 0.3 is 0 Å². The summed E-state index contributed by atoms with van der Waals surface area (Å²) in [7, 11) is 2.11. The Morgan fingerprint density at radius 1 is 0.895 bits per heavy atom. The fourth-order valence-corrected chi connectivity index (χ4v) is 6.71. The summed E-state index contributed by atoms with van der Waals surface area (Å²) in [5.41, 5.74) is 3.63. The molecule has 0 saturated carbocycles. The van der Waals surface area contributed by atoms with E-state index in [-0.39, 0.29) is 0 Å². The molecule has 3 aliphatic rings. The zero-order chi connectivity index (χ0) is 25.5. The number of aromatic nitrogens is 2. The van der Waals surface area contributed by atoms with Gasteiger partial charge in [0.25, 0.3) is 0 Å². The highest BCUT2D eigenvalue weighted by atomic mass is 16.3. The monoisotopic (exact) mass is 506 g/mol. The molecule has 8 rings (SSSR count). The lowest BCUT2D eigenvalue weighted by Crippen LogP contribution is -2.56. The van der Waals surface area contributed by atoms with Crippen LogP contribution in [0.2, 0.25) is 0 Å². The lowest BCUT2D eigenvalue weighted by Gasteiger charge is -2.50. The third-order valence-electron chi connectivity index (χ3n) is 8.61. The first-order valence-corrected chi connectivity index (χ1v) is 13.7. The van der Waals surface area contributed by atoms with E-state index in [0.717, 1.165) is 43.4 Å². The molecule has 2 aromatic carbocycles. The van der Waals surface area contributed by atoms with Crippen molar-refractivity contribution in [3.05, 3.63) is 103 Å². The number of hydrogen-bond acceptors (Lipinski definition) is 5. The molecule has 6 heteroatoms. The van der Waals surface area contributed by atoms with Gasteiger partial charge in [0.05, 0.1) is 31.3 Å². The molecule has 0 amide bonds. The third-order valence-corrected chi connectivity index (χ3v) is 8.61. The highest BCUT2D eigenvalue weighted by molar-refractivity contribution is 5.86. The quantitative estimate of drug-likeness (QED) is 0.247. The van der Waals surface area contributed by atoms with Crippen molar-refractivity contribution in [3.8, 4) is 11.3 Å². The topological polar surface area (TPSA) is 50.6 Å². The van der Waals surface area contributed by atoms with Crippen LogP contribution in [0.25, 0.3) is 22.0 Å². The van der Waals surface area contributed by atoms with Crippen LogP contribution in [0.4, 0.5) is 0 Å². The molecule has 6 heterocycles. The van der Waals surface area contributed by atoms with Crippen LogP contribution < -0.4 is 0 Å². The van der Waals surface area contributed by atoms with Gasteiger partial charge in [-0.15, -0.1) is 0 Å². The van der Waals surface area contributed by atoms with E-state index >= 15 is 0 Å². The first kappa shape index (κ1) is 23.5. The molecule has 5 aromatic rings. The van der Waals surface area contributed by atoms with Gasteiger partial charge in [0, 0.05) is 43.4 Å². The Kier molecular flexibility index (Phi) is 6.14. The van der Waals surface area contributed by atoms with Crippen molar-refractivity contribution in [3.63, 3.8) is 0 Å². The summed E-state index contributed by atoms with van der Waals surface area (Å²) in [6, 6.07) is 26.2. The molecule has 0 spiro atoms. The molecule has 0 radical (unpaired) electrons.